The Morgan fingerprint density at radius 1 is 1.06 bits per heavy atom. The highest BCUT2D eigenvalue weighted by molar-refractivity contribution is 9.10. The van der Waals surface area contributed by atoms with E-state index in [1.807, 2.05) is 18.3 Å². The zero-order chi connectivity index (χ0) is 12.4. The molecule has 2 heterocycles. The molecular formula is C14H14BrN3. The number of anilines is 1. The molecule has 3 rings (SSSR count). The number of benzene rings is 1. The molecule has 0 unspecified atom stereocenters. The maximum Gasteiger partial charge on any atom is 0.151 e. The lowest BCUT2D eigenvalue weighted by Gasteiger charge is -2.16. The van der Waals surface area contributed by atoms with Gasteiger partial charge in [-0.1, -0.05) is 28.1 Å². The lowest BCUT2D eigenvalue weighted by atomic mass is 10.1. The van der Waals surface area contributed by atoms with Crippen molar-refractivity contribution in [1.82, 2.24) is 10.2 Å². The van der Waals surface area contributed by atoms with Gasteiger partial charge in [-0.2, -0.15) is 5.10 Å². The Balaban J connectivity index is 1.95. The summed E-state index contributed by atoms with van der Waals surface area (Å²) < 4.78 is 1.08. The van der Waals surface area contributed by atoms with Crippen molar-refractivity contribution in [2.45, 2.75) is 12.8 Å². The zero-order valence-corrected chi connectivity index (χ0v) is 11.6. The van der Waals surface area contributed by atoms with E-state index in [4.69, 9.17) is 0 Å². The highest BCUT2D eigenvalue weighted by atomic mass is 79.9. The predicted octanol–water partition coefficient (Wildman–Crippen LogP) is 3.51. The van der Waals surface area contributed by atoms with E-state index in [2.05, 4.69) is 49.2 Å². The summed E-state index contributed by atoms with van der Waals surface area (Å²) in [5.41, 5.74) is 2.29. The van der Waals surface area contributed by atoms with Crippen LogP contribution in [0.2, 0.25) is 0 Å². The Hall–Kier alpha value is -1.42. The molecular weight excluding hydrogens is 290 g/mol. The summed E-state index contributed by atoms with van der Waals surface area (Å²) in [6, 6.07) is 10.4. The molecule has 18 heavy (non-hydrogen) atoms. The normalized spacial score (nSPS) is 15.1. The Morgan fingerprint density at radius 3 is 2.67 bits per heavy atom. The highest BCUT2D eigenvalue weighted by Crippen LogP contribution is 2.25. The standard InChI is InChI=1S/C14H14BrN3/c15-13-5-3-4-11(8-13)12-9-14(17-16-10-12)18-6-1-2-7-18/h3-5,8-10H,1-2,6-7H2. The summed E-state index contributed by atoms with van der Waals surface area (Å²) in [7, 11) is 0. The van der Waals surface area contributed by atoms with Crippen LogP contribution in [0.3, 0.4) is 0 Å². The highest BCUT2D eigenvalue weighted by Gasteiger charge is 2.14. The third-order valence-electron chi connectivity index (χ3n) is 3.23. The second-order valence-electron chi connectivity index (χ2n) is 4.51. The largest absolute Gasteiger partial charge is 0.355 e. The molecule has 3 nitrogen and oxygen atoms in total. The van der Waals surface area contributed by atoms with E-state index in [1.54, 1.807) is 0 Å². The van der Waals surface area contributed by atoms with Gasteiger partial charge in [0, 0.05) is 23.1 Å². The average molecular weight is 304 g/mol. The van der Waals surface area contributed by atoms with Gasteiger partial charge in [-0.05, 0) is 36.6 Å². The number of nitrogens with zero attached hydrogens (tertiary/aromatic N) is 3. The summed E-state index contributed by atoms with van der Waals surface area (Å²) >= 11 is 3.50. The van der Waals surface area contributed by atoms with Crippen LogP contribution < -0.4 is 4.90 Å². The van der Waals surface area contributed by atoms with Crippen molar-refractivity contribution in [1.29, 1.82) is 0 Å². The van der Waals surface area contributed by atoms with Crippen LogP contribution in [-0.2, 0) is 0 Å². The van der Waals surface area contributed by atoms with Gasteiger partial charge in [0.2, 0.25) is 0 Å². The monoisotopic (exact) mass is 303 g/mol. The summed E-state index contributed by atoms with van der Waals surface area (Å²) in [4.78, 5) is 2.30. The molecule has 1 aromatic carbocycles. The maximum absolute atomic E-state index is 4.23. The van der Waals surface area contributed by atoms with Crippen molar-refractivity contribution in [3.05, 3.63) is 41.0 Å². The topological polar surface area (TPSA) is 29.0 Å². The van der Waals surface area contributed by atoms with E-state index in [1.165, 1.54) is 18.4 Å². The van der Waals surface area contributed by atoms with E-state index in [0.717, 1.165) is 28.9 Å². The fourth-order valence-electron chi connectivity index (χ4n) is 2.28. The van der Waals surface area contributed by atoms with E-state index in [-0.39, 0.29) is 0 Å². The van der Waals surface area contributed by atoms with Gasteiger partial charge in [0.25, 0.3) is 0 Å². The third-order valence-corrected chi connectivity index (χ3v) is 3.72. The van der Waals surface area contributed by atoms with Gasteiger partial charge < -0.3 is 4.90 Å². The first-order valence-electron chi connectivity index (χ1n) is 6.16. The number of hydrogen-bond acceptors (Lipinski definition) is 3. The van der Waals surface area contributed by atoms with Crippen LogP contribution >= 0.6 is 15.9 Å². The quantitative estimate of drug-likeness (QED) is 0.850. The van der Waals surface area contributed by atoms with E-state index in [0.29, 0.717) is 0 Å². The minimum atomic E-state index is 0.991. The van der Waals surface area contributed by atoms with Gasteiger partial charge in [0.05, 0.1) is 6.20 Å². The third kappa shape index (κ3) is 2.38. The molecule has 1 aromatic heterocycles. The fourth-order valence-corrected chi connectivity index (χ4v) is 2.68. The SMILES string of the molecule is Brc1cccc(-c2cnnc(N3CCCC3)c2)c1. The number of halogens is 1. The van der Waals surface area contributed by atoms with E-state index >= 15 is 0 Å². The van der Waals surface area contributed by atoms with Gasteiger partial charge >= 0.3 is 0 Å². The molecule has 0 atom stereocenters. The minimum absolute atomic E-state index is 0.991. The van der Waals surface area contributed by atoms with Crippen molar-refractivity contribution in [3.8, 4) is 11.1 Å². The molecule has 92 valence electrons. The molecule has 2 aromatic rings. The molecule has 0 N–H and O–H groups in total. The van der Waals surface area contributed by atoms with Crippen LogP contribution in [0.15, 0.2) is 41.0 Å². The van der Waals surface area contributed by atoms with Crippen molar-refractivity contribution >= 4 is 21.7 Å². The van der Waals surface area contributed by atoms with Gasteiger partial charge in [0.1, 0.15) is 0 Å². The molecule has 0 spiro atoms. The zero-order valence-electron chi connectivity index (χ0n) is 10.0. The first-order valence-corrected chi connectivity index (χ1v) is 6.96. The molecule has 0 saturated carbocycles. The first-order chi connectivity index (χ1) is 8.83. The Morgan fingerprint density at radius 2 is 1.89 bits per heavy atom. The van der Waals surface area contributed by atoms with Crippen LogP contribution in [0.5, 0.6) is 0 Å². The molecule has 1 saturated heterocycles. The minimum Gasteiger partial charge on any atom is -0.355 e. The van der Waals surface area contributed by atoms with Gasteiger partial charge in [0.15, 0.2) is 5.82 Å². The molecule has 1 aliphatic rings. The smallest absolute Gasteiger partial charge is 0.151 e. The molecule has 1 fully saturated rings. The van der Waals surface area contributed by atoms with Gasteiger partial charge in [-0.15, -0.1) is 5.10 Å². The molecule has 0 radical (unpaired) electrons. The van der Waals surface area contributed by atoms with Crippen LogP contribution in [0.25, 0.3) is 11.1 Å². The molecule has 0 bridgehead atoms. The molecule has 0 aliphatic carbocycles. The fraction of sp³-hybridized carbons (Fsp3) is 0.286. The second kappa shape index (κ2) is 5.06. The second-order valence-corrected chi connectivity index (χ2v) is 5.42. The number of aromatic nitrogens is 2. The lowest BCUT2D eigenvalue weighted by Crippen LogP contribution is -2.19. The summed E-state index contributed by atoms with van der Waals surface area (Å²) in [6.45, 7) is 2.19. The molecule has 0 amide bonds. The van der Waals surface area contributed by atoms with Crippen LogP contribution in [0.4, 0.5) is 5.82 Å². The maximum atomic E-state index is 4.23. The van der Waals surface area contributed by atoms with Crippen molar-refractivity contribution in [3.63, 3.8) is 0 Å². The summed E-state index contributed by atoms with van der Waals surface area (Å²) in [6.07, 6.45) is 4.33. The molecule has 4 heteroatoms. The van der Waals surface area contributed by atoms with E-state index < -0.39 is 0 Å². The van der Waals surface area contributed by atoms with Crippen molar-refractivity contribution < 1.29 is 0 Å². The van der Waals surface area contributed by atoms with Crippen molar-refractivity contribution in [2.75, 3.05) is 18.0 Å². The van der Waals surface area contributed by atoms with Crippen molar-refractivity contribution in [2.24, 2.45) is 0 Å². The van der Waals surface area contributed by atoms with Gasteiger partial charge in [-0.25, -0.2) is 0 Å². The molecule has 1 aliphatic heterocycles. The Bertz CT molecular complexity index is 550. The number of hydrogen-bond donors (Lipinski definition) is 0. The average Bonchev–Trinajstić information content (AvgIpc) is 2.93. The Labute approximate surface area is 115 Å². The van der Waals surface area contributed by atoms with E-state index in [9.17, 15) is 0 Å². The van der Waals surface area contributed by atoms with Crippen LogP contribution in [0, 0.1) is 0 Å². The van der Waals surface area contributed by atoms with Gasteiger partial charge in [-0.3, -0.25) is 0 Å². The summed E-state index contributed by atoms with van der Waals surface area (Å²) in [5.74, 6) is 0.991. The van der Waals surface area contributed by atoms with Crippen LogP contribution in [-0.4, -0.2) is 23.3 Å². The lowest BCUT2D eigenvalue weighted by molar-refractivity contribution is 0.894. The Kier molecular flexibility index (Phi) is 3.28. The first kappa shape index (κ1) is 11.7. The summed E-state index contributed by atoms with van der Waals surface area (Å²) in [5, 5.41) is 8.36. The number of rotatable bonds is 2. The van der Waals surface area contributed by atoms with Crippen LogP contribution in [0.1, 0.15) is 12.8 Å². The predicted molar refractivity (Wildman–Crippen MR) is 76.6 cm³/mol.